The number of piperidine rings is 1. The molecule has 1 saturated heterocycles. The normalized spacial score (nSPS) is 16.3. The van der Waals surface area contributed by atoms with Crippen molar-refractivity contribution in [3.05, 3.63) is 70.9 Å². The average molecular weight is 367 g/mol. The van der Waals surface area contributed by atoms with Crippen molar-refractivity contribution in [3.63, 3.8) is 0 Å². The van der Waals surface area contributed by atoms with Crippen LogP contribution in [0.1, 0.15) is 42.7 Å². The van der Waals surface area contributed by atoms with Crippen LogP contribution in [0.4, 0.5) is 0 Å². The molecule has 1 aromatic heterocycles. The van der Waals surface area contributed by atoms with Crippen LogP contribution in [-0.4, -0.2) is 29.5 Å². The summed E-state index contributed by atoms with van der Waals surface area (Å²) in [6.07, 6.45) is 8.37. The lowest BCUT2D eigenvalue weighted by atomic mass is 9.89. The number of aromatic nitrogens is 1. The van der Waals surface area contributed by atoms with Crippen LogP contribution in [0, 0.1) is 0 Å². The van der Waals surface area contributed by atoms with Gasteiger partial charge in [-0.1, -0.05) is 41.9 Å². The third kappa shape index (κ3) is 4.13. The topological polar surface area (TPSA) is 19.0 Å². The standard InChI is InChI=1S/C23H27ClN2/c24-21-9-10-23-22(16-21)20(17-25-23)8-4-5-13-26-14-11-19(12-15-26)18-6-2-1-3-7-18/h1-3,6-7,9-10,16-17,19,25H,4-5,8,11-15H2. The first-order valence-electron chi connectivity index (χ1n) is 9.82. The van der Waals surface area contributed by atoms with Gasteiger partial charge in [-0.25, -0.2) is 0 Å². The van der Waals surface area contributed by atoms with E-state index in [0.29, 0.717) is 0 Å². The summed E-state index contributed by atoms with van der Waals surface area (Å²) >= 11 is 6.15. The highest BCUT2D eigenvalue weighted by atomic mass is 35.5. The SMILES string of the molecule is Clc1ccc2[nH]cc(CCCCN3CCC(c4ccccc4)CC3)c2c1. The van der Waals surface area contributed by atoms with E-state index >= 15 is 0 Å². The summed E-state index contributed by atoms with van der Waals surface area (Å²) in [5.41, 5.74) is 4.10. The number of aromatic amines is 1. The number of aryl methyl sites for hydroxylation is 1. The molecule has 0 saturated carbocycles. The van der Waals surface area contributed by atoms with Crippen molar-refractivity contribution in [1.29, 1.82) is 0 Å². The molecule has 0 aliphatic carbocycles. The van der Waals surface area contributed by atoms with Crippen molar-refractivity contribution >= 4 is 22.5 Å². The third-order valence-electron chi connectivity index (χ3n) is 5.76. The molecule has 0 unspecified atom stereocenters. The Bertz CT molecular complexity index is 832. The lowest BCUT2D eigenvalue weighted by molar-refractivity contribution is 0.209. The molecule has 0 amide bonds. The molecule has 3 aromatic rings. The molecule has 26 heavy (non-hydrogen) atoms. The van der Waals surface area contributed by atoms with Gasteiger partial charge >= 0.3 is 0 Å². The zero-order valence-corrected chi connectivity index (χ0v) is 16.0. The van der Waals surface area contributed by atoms with Gasteiger partial charge in [0.15, 0.2) is 0 Å². The molecule has 1 fully saturated rings. The number of unbranched alkanes of at least 4 members (excludes halogenated alkanes) is 1. The number of fused-ring (bicyclic) bond motifs is 1. The van der Waals surface area contributed by atoms with Crippen molar-refractivity contribution in [2.45, 2.75) is 38.0 Å². The minimum absolute atomic E-state index is 0.753. The number of nitrogens with zero attached hydrogens (tertiary/aromatic N) is 1. The first kappa shape index (κ1) is 17.6. The van der Waals surface area contributed by atoms with Crippen LogP contribution in [0.15, 0.2) is 54.7 Å². The summed E-state index contributed by atoms with van der Waals surface area (Å²) in [5, 5.41) is 2.10. The Balaban J connectivity index is 1.21. The summed E-state index contributed by atoms with van der Waals surface area (Å²) in [5.74, 6) is 0.753. The Morgan fingerprint density at radius 3 is 2.62 bits per heavy atom. The minimum atomic E-state index is 0.753. The summed E-state index contributed by atoms with van der Waals surface area (Å²) in [4.78, 5) is 6.00. The number of likely N-dealkylation sites (tertiary alicyclic amines) is 1. The quantitative estimate of drug-likeness (QED) is 0.528. The summed E-state index contributed by atoms with van der Waals surface area (Å²) in [6, 6.07) is 17.1. The van der Waals surface area contributed by atoms with E-state index in [1.54, 1.807) is 0 Å². The molecule has 2 heterocycles. The maximum absolute atomic E-state index is 6.15. The van der Waals surface area contributed by atoms with Crippen LogP contribution in [-0.2, 0) is 6.42 Å². The fourth-order valence-corrected chi connectivity index (χ4v) is 4.40. The molecule has 1 N–H and O–H groups in total. The highest BCUT2D eigenvalue weighted by molar-refractivity contribution is 6.31. The number of nitrogens with one attached hydrogen (secondary N) is 1. The Labute approximate surface area is 161 Å². The zero-order valence-electron chi connectivity index (χ0n) is 15.3. The van der Waals surface area contributed by atoms with Crippen LogP contribution < -0.4 is 0 Å². The average Bonchev–Trinajstić information content (AvgIpc) is 3.08. The highest BCUT2D eigenvalue weighted by Crippen LogP contribution is 2.28. The molecule has 1 aliphatic heterocycles. The summed E-state index contributed by atoms with van der Waals surface area (Å²) in [7, 11) is 0. The predicted molar refractivity (Wildman–Crippen MR) is 111 cm³/mol. The Kier molecular flexibility index (Phi) is 5.62. The van der Waals surface area contributed by atoms with Gasteiger partial charge in [0.05, 0.1) is 0 Å². The molecule has 1 aliphatic rings. The predicted octanol–water partition coefficient (Wildman–Crippen LogP) is 6.02. The summed E-state index contributed by atoms with van der Waals surface area (Å²) < 4.78 is 0. The molecule has 0 atom stereocenters. The van der Waals surface area contributed by atoms with Gasteiger partial charge in [0.1, 0.15) is 0 Å². The molecule has 2 nitrogen and oxygen atoms in total. The molecule has 2 aromatic carbocycles. The highest BCUT2D eigenvalue weighted by Gasteiger charge is 2.19. The molecule has 3 heteroatoms. The van der Waals surface area contributed by atoms with E-state index in [4.69, 9.17) is 11.6 Å². The van der Waals surface area contributed by atoms with Gasteiger partial charge in [-0.05, 0) is 87.0 Å². The number of rotatable bonds is 6. The number of hydrogen-bond donors (Lipinski definition) is 1. The molecule has 136 valence electrons. The van der Waals surface area contributed by atoms with Gasteiger partial charge in [0.25, 0.3) is 0 Å². The first-order chi connectivity index (χ1) is 12.8. The second-order valence-corrected chi connectivity index (χ2v) is 7.92. The Morgan fingerprint density at radius 2 is 1.81 bits per heavy atom. The van der Waals surface area contributed by atoms with Crippen LogP contribution in [0.5, 0.6) is 0 Å². The van der Waals surface area contributed by atoms with Crippen molar-refractivity contribution in [1.82, 2.24) is 9.88 Å². The van der Waals surface area contributed by atoms with Crippen LogP contribution in [0.25, 0.3) is 10.9 Å². The monoisotopic (exact) mass is 366 g/mol. The Hall–Kier alpha value is -1.77. The van der Waals surface area contributed by atoms with E-state index in [0.717, 1.165) is 17.4 Å². The van der Waals surface area contributed by atoms with Crippen LogP contribution in [0.3, 0.4) is 0 Å². The van der Waals surface area contributed by atoms with Gasteiger partial charge < -0.3 is 9.88 Å². The van der Waals surface area contributed by atoms with Crippen LogP contribution >= 0.6 is 11.6 Å². The van der Waals surface area contributed by atoms with E-state index in [9.17, 15) is 0 Å². The van der Waals surface area contributed by atoms with Crippen molar-refractivity contribution in [2.24, 2.45) is 0 Å². The molecule has 0 spiro atoms. The summed E-state index contributed by atoms with van der Waals surface area (Å²) in [6.45, 7) is 3.70. The number of hydrogen-bond acceptors (Lipinski definition) is 1. The largest absolute Gasteiger partial charge is 0.361 e. The van der Waals surface area contributed by atoms with Crippen molar-refractivity contribution in [2.75, 3.05) is 19.6 Å². The van der Waals surface area contributed by atoms with Gasteiger partial charge in [-0.15, -0.1) is 0 Å². The minimum Gasteiger partial charge on any atom is -0.361 e. The van der Waals surface area contributed by atoms with Gasteiger partial charge in [-0.3, -0.25) is 0 Å². The maximum Gasteiger partial charge on any atom is 0.0457 e. The van der Waals surface area contributed by atoms with E-state index in [2.05, 4.69) is 58.5 Å². The van der Waals surface area contributed by atoms with Crippen molar-refractivity contribution < 1.29 is 0 Å². The molecule has 0 bridgehead atoms. The zero-order chi connectivity index (χ0) is 17.8. The second-order valence-electron chi connectivity index (χ2n) is 7.49. The lowest BCUT2D eigenvalue weighted by Crippen LogP contribution is -2.33. The molecule has 0 radical (unpaired) electrons. The molecule has 4 rings (SSSR count). The van der Waals surface area contributed by atoms with Gasteiger partial charge in [0.2, 0.25) is 0 Å². The van der Waals surface area contributed by atoms with E-state index in [1.807, 2.05) is 6.07 Å². The second kappa shape index (κ2) is 8.28. The number of benzene rings is 2. The number of H-pyrrole nitrogens is 1. The number of halogens is 1. The smallest absolute Gasteiger partial charge is 0.0457 e. The van der Waals surface area contributed by atoms with E-state index < -0.39 is 0 Å². The fraction of sp³-hybridized carbons (Fsp3) is 0.391. The van der Waals surface area contributed by atoms with E-state index in [1.165, 1.54) is 67.3 Å². The molecular weight excluding hydrogens is 340 g/mol. The maximum atomic E-state index is 6.15. The Morgan fingerprint density at radius 1 is 1.00 bits per heavy atom. The third-order valence-corrected chi connectivity index (χ3v) is 5.99. The fourth-order valence-electron chi connectivity index (χ4n) is 4.22. The first-order valence-corrected chi connectivity index (χ1v) is 10.2. The lowest BCUT2D eigenvalue weighted by Gasteiger charge is -2.32. The van der Waals surface area contributed by atoms with Gasteiger partial charge in [-0.2, -0.15) is 0 Å². The van der Waals surface area contributed by atoms with Gasteiger partial charge in [0, 0.05) is 22.1 Å². The van der Waals surface area contributed by atoms with Crippen LogP contribution in [0.2, 0.25) is 5.02 Å². The van der Waals surface area contributed by atoms with Crippen molar-refractivity contribution in [3.8, 4) is 0 Å². The molecular formula is C23H27ClN2. The van der Waals surface area contributed by atoms with E-state index in [-0.39, 0.29) is 0 Å².